The van der Waals surface area contributed by atoms with Crippen molar-refractivity contribution in [3.63, 3.8) is 0 Å². The Labute approximate surface area is 169 Å². The fourth-order valence-electron chi connectivity index (χ4n) is 3.17. The van der Waals surface area contributed by atoms with Gasteiger partial charge in [0.05, 0.1) is 16.1 Å². The molecule has 1 fully saturated rings. The van der Waals surface area contributed by atoms with Crippen LogP contribution in [-0.4, -0.2) is 47.8 Å². The number of halogens is 5. The third kappa shape index (κ3) is 4.70. The van der Waals surface area contributed by atoms with Gasteiger partial charge in [0.1, 0.15) is 5.82 Å². The van der Waals surface area contributed by atoms with E-state index in [-0.39, 0.29) is 29.2 Å². The van der Waals surface area contributed by atoms with Gasteiger partial charge in [-0.2, -0.15) is 13.2 Å². The van der Waals surface area contributed by atoms with E-state index in [1.54, 1.807) is 0 Å². The Hall–Kier alpha value is -2.61. The van der Waals surface area contributed by atoms with Gasteiger partial charge in [0.2, 0.25) is 0 Å². The molecule has 1 saturated heterocycles. The van der Waals surface area contributed by atoms with E-state index in [1.807, 2.05) is 0 Å². The zero-order valence-corrected chi connectivity index (χ0v) is 15.9. The minimum absolute atomic E-state index is 0.0110. The number of rotatable bonds is 2. The number of amides is 2. The number of carbonyl (C=O) groups is 2. The third-order valence-corrected chi connectivity index (χ3v) is 5.02. The Morgan fingerprint density at radius 2 is 1.45 bits per heavy atom. The summed E-state index contributed by atoms with van der Waals surface area (Å²) in [6.07, 6.45) is -4.02. The molecular weight excluding hydrogens is 412 g/mol. The fraction of sp³-hybridized carbons (Fsp3) is 0.300. The first-order valence-corrected chi connectivity index (χ1v) is 9.26. The van der Waals surface area contributed by atoms with Gasteiger partial charge in [-0.25, -0.2) is 4.39 Å². The Bertz CT molecular complexity index is 895. The molecule has 0 N–H and O–H groups in total. The van der Waals surface area contributed by atoms with Crippen LogP contribution in [0.4, 0.5) is 17.6 Å². The van der Waals surface area contributed by atoms with E-state index >= 15 is 0 Å². The van der Waals surface area contributed by atoms with Gasteiger partial charge in [-0.3, -0.25) is 9.59 Å². The van der Waals surface area contributed by atoms with Crippen molar-refractivity contribution in [3.8, 4) is 0 Å². The van der Waals surface area contributed by atoms with Crippen molar-refractivity contribution in [1.82, 2.24) is 9.80 Å². The number of carbonyl (C=O) groups excluding carboxylic acids is 2. The quantitative estimate of drug-likeness (QED) is 0.661. The molecule has 4 nitrogen and oxygen atoms in total. The Kier molecular flexibility index (Phi) is 6.12. The van der Waals surface area contributed by atoms with E-state index in [9.17, 15) is 27.2 Å². The van der Waals surface area contributed by atoms with Crippen LogP contribution in [0.5, 0.6) is 0 Å². The van der Waals surface area contributed by atoms with E-state index in [2.05, 4.69) is 0 Å². The van der Waals surface area contributed by atoms with Crippen LogP contribution in [0, 0.1) is 5.82 Å². The van der Waals surface area contributed by atoms with Gasteiger partial charge < -0.3 is 9.80 Å². The summed E-state index contributed by atoms with van der Waals surface area (Å²) in [6.45, 7) is 0.975. The molecule has 0 aromatic heterocycles. The molecule has 154 valence electrons. The first kappa shape index (κ1) is 21.1. The molecule has 1 aliphatic heterocycles. The summed E-state index contributed by atoms with van der Waals surface area (Å²) in [5.74, 6) is -1.70. The predicted octanol–water partition coefficient (Wildman–Crippen LogP) is 4.49. The molecule has 0 bridgehead atoms. The fourth-order valence-corrected chi connectivity index (χ4v) is 3.41. The lowest BCUT2D eigenvalue weighted by molar-refractivity contribution is -0.137. The maximum Gasteiger partial charge on any atom is 0.416 e. The van der Waals surface area contributed by atoms with Gasteiger partial charge in [-0.1, -0.05) is 17.7 Å². The maximum atomic E-state index is 14.0. The Balaban J connectivity index is 1.69. The van der Waals surface area contributed by atoms with Crippen molar-refractivity contribution in [2.75, 3.05) is 26.2 Å². The average molecular weight is 429 g/mol. The molecule has 2 aromatic carbocycles. The molecule has 0 unspecified atom stereocenters. The summed E-state index contributed by atoms with van der Waals surface area (Å²) in [7, 11) is 0. The summed E-state index contributed by atoms with van der Waals surface area (Å²) in [5.41, 5.74) is -0.907. The molecule has 0 spiro atoms. The van der Waals surface area contributed by atoms with Gasteiger partial charge >= 0.3 is 6.18 Å². The largest absolute Gasteiger partial charge is 0.416 e. The molecule has 1 heterocycles. The second-order valence-corrected chi connectivity index (χ2v) is 7.02. The highest BCUT2D eigenvalue weighted by Gasteiger charge is 2.31. The van der Waals surface area contributed by atoms with Crippen LogP contribution >= 0.6 is 11.6 Å². The van der Waals surface area contributed by atoms with Crippen LogP contribution in [-0.2, 0) is 6.18 Å². The molecular formula is C20H17ClF4N2O2. The lowest BCUT2D eigenvalue weighted by Gasteiger charge is -2.23. The van der Waals surface area contributed by atoms with Gasteiger partial charge in [-0.15, -0.1) is 0 Å². The van der Waals surface area contributed by atoms with Crippen molar-refractivity contribution in [2.45, 2.75) is 12.6 Å². The van der Waals surface area contributed by atoms with E-state index in [0.29, 0.717) is 19.5 Å². The molecule has 0 aliphatic carbocycles. The first-order chi connectivity index (χ1) is 13.7. The van der Waals surface area contributed by atoms with Gasteiger partial charge in [-0.05, 0) is 42.8 Å². The highest BCUT2D eigenvalue weighted by molar-refractivity contribution is 6.33. The zero-order valence-electron chi connectivity index (χ0n) is 15.2. The summed E-state index contributed by atoms with van der Waals surface area (Å²) >= 11 is 5.96. The highest BCUT2D eigenvalue weighted by atomic mass is 35.5. The van der Waals surface area contributed by atoms with Crippen molar-refractivity contribution in [2.24, 2.45) is 0 Å². The van der Waals surface area contributed by atoms with Crippen molar-refractivity contribution < 1.29 is 27.2 Å². The Morgan fingerprint density at radius 1 is 0.862 bits per heavy atom. The van der Waals surface area contributed by atoms with Gasteiger partial charge in [0.15, 0.2) is 0 Å². The normalized spacial score (nSPS) is 15.2. The molecule has 2 aromatic rings. The highest BCUT2D eigenvalue weighted by Crippen LogP contribution is 2.29. The number of benzene rings is 2. The third-order valence-electron chi connectivity index (χ3n) is 4.71. The van der Waals surface area contributed by atoms with Crippen LogP contribution in [0.1, 0.15) is 32.7 Å². The zero-order chi connectivity index (χ0) is 21.2. The molecule has 2 amide bonds. The predicted molar refractivity (Wildman–Crippen MR) is 99.3 cm³/mol. The molecule has 0 atom stereocenters. The van der Waals surface area contributed by atoms with Crippen LogP contribution in [0.3, 0.4) is 0 Å². The lowest BCUT2D eigenvalue weighted by atomic mass is 10.1. The smallest absolute Gasteiger partial charge is 0.337 e. The summed E-state index contributed by atoms with van der Waals surface area (Å²) in [6, 6.07) is 7.98. The molecule has 0 radical (unpaired) electrons. The number of hydrogen-bond donors (Lipinski definition) is 0. The second kappa shape index (κ2) is 8.41. The second-order valence-electron chi connectivity index (χ2n) is 6.61. The topological polar surface area (TPSA) is 40.6 Å². The van der Waals surface area contributed by atoms with Crippen molar-refractivity contribution in [1.29, 1.82) is 0 Å². The number of alkyl halides is 3. The summed E-state index contributed by atoms with van der Waals surface area (Å²) in [5, 5.41) is 0.0110. The number of hydrogen-bond acceptors (Lipinski definition) is 2. The van der Waals surface area contributed by atoms with Crippen LogP contribution in [0.15, 0.2) is 42.5 Å². The van der Waals surface area contributed by atoms with E-state index in [0.717, 1.165) is 30.3 Å². The van der Waals surface area contributed by atoms with Crippen molar-refractivity contribution >= 4 is 23.4 Å². The van der Waals surface area contributed by atoms with E-state index in [4.69, 9.17) is 11.6 Å². The van der Waals surface area contributed by atoms with E-state index in [1.165, 1.54) is 21.9 Å². The van der Waals surface area contributed by atoms with Crippen molar-refractivity contribution in [3.05, 3.63) is 70.0 Å². The van der Waals surface area contributed by atoms with Crippen LogP contribution < -0.4 is 0 Å². The van der Waals surface area contributed by atoms with E-state index < -0.39 is 29.4 Å². The summed E-state index contributed by atoms with van der Waals surface area (Å²) < 4.78 is 52.1. The molecule has 9 heteroatoms. The minimum Gasteiger partial charge on any atom is -0.337 e. The standard InChI is InChI=1S/C20H17ClF4N2O2/c21-15-3-1-4-16(22)17(15)19(29)27-10-2-9-26(11-12-27)18(28)13-5-7-14(8-6-13)20(23,24)25/h1,3-8H,2,9-12H2. The average Bonchev–Trinajstić information content (AvgIpc) is 2.93. The minimum atomic E-state index is -4.47. The molecule has 29 heavy (non-hydrogen) atoms. The molecule has 0 saturated carbocycles. The Morgan fingerprint density at radius 3 is 2.00 bits per heavy atom. The van der Waals surface area contributed by atoms with Crippen LogP contribution in [0.2, 0.25) is 5.02 Å². The summed E-state index contributed by atoms with van der Waals surface area (Å²) in [4.78, 5) is 28.2. The molecule has 1 aliphatic rings. The van der Waals surface area contributed by atoms with Gasteiger partial charge in [0.25, 0.3) is 11.8 Å². The first-order valence-electron chi connectivity index (χ1n) is 8.88. The number of nitrogens with zero attached hydrogens (tertiary/aromatic N) is 2. The van der Waals surface area contributed by atoms with Crippen LogP contribution in [0.25, 0.3) is 0 Å². The lowest BCUT2D eigenvalue weighted by Crippen LogP contribution is -2.37. The maximum absolute atomic E-state index is 14.0. The molecule has 3 rings (SSSR count). The SMILES string of the molecule is O=C(c1ccc(C(F)(F)F)cc1)N1CCCN(C(=O)c2c(F)cccc2Cl)CC1. The van der Waals surface area contributed by atoms with Gasteiger partial charge in [0, 0.05) is 31.7 Å². The monoisotopic (exact) mass is 428 g/mol.